The predicted molar refractivity (Wildman–Crippen MR) is 79.8 cm³/mol. The summed E-state index contributed by atoms with van der Waals surface area (Å²) < 4.78 is 0.189. The smallest absolute Gasteiger partial charge is 0.224 e. The van der Waals surface area contributed by atoms with Crippen LogP contribution in [-0.2, 0) is 4.79 Å². The SMILES string of the molecule is CCC(CC)(CNC(=O)C1CCCCC1N)SC. The molecule has 3 nitrogen and oxygen atoms in total. The number of nitrogens with two attached hydrogens (primary N) is 1. The molecule has 0 aromatic rings. The topological polar surface area (TPSA) is 55.1 Å². The zero-order chi connectivity index (χ0) is 13.6. The van der Waals surface area contributed by atoms with Gasteiger partial charge in [0.05, 0.1) is 5.92 Å². The summed E-state index contributed by atoms with van der Waals surface area (Å²) in [4.78, 5) is 12.2. The first kappa shape index (κ1) is 15.8. The van der Waals surface area contributed by atoms with Crippen molar-refractivity contribution in [3.8, 4) is 0 Å². The fraction of sp³-hybridized carbons (Fsp3) is 0.929. The van der Waals surface area contributed by atoms with Gasteiger partial charge in [-0.2, -0.15) is 11.8 Å². The molecule has 0 aromatic carbocycles. The van der Waals surface area contributed by atoms with Gasteiger partial charge in [0.15, 0.2) is 0 Å². The molecule has 3 N–H and O–H groups in total. The lowest BCUT2D eigenvalue weighted by molar-refractivity contribution is -0.126. The Labute approximate surface area is 116 Å². The van der Waals surface area contributed by atoms with Crippen LogP contribution >= 0.6 is 11.8 Å². The van der Waals surface area contributed by atoms with Gasteiger partial charge in [0.25, 0.3) is 0 Å². The maximum Gasteiger partial charge on any atom is 0.224 e. The maximum atomic E-state index is 12.2. The molecule has 18 heavy (non-hydrogen) atoms. The Morgan fingerprint density at radius 1 is 1.33 bits per heavy atom. The molecule has 0 aromatic heterocycles. The van der Waals surface area contributed by atoms with E-state index in [0.29, 0.717) is 0 Å². The van der Waals surface area contributed by atoms with Crippen molar-refractivity contribution in [3.05, 3.63) is 0 Å². The summed E-state index contributed by atoms with van der Waals surface area (Å²) >= 11 is 1.86. The van der Waals surface area contributed by atoms with Gasteiger partial charge < -0.3 is 11.1 Å². The quantitative estimate of drug-likeness (QED) is 0.781. The summed E-state index contributed by atoms with van der Waals surface area (Å²) in [6.45, 7) is 5.15. The molecule has 106 valence electrons. The molecule has 1 aliphatic carbocycles. The molecule has 4 heteroatoms. The molecule has 0 spiro atoms. The molecule has 0 bridgehead atoms. The van der Waals surface area contributed by atoms with E-state index < -0.39 is 0 Å². The average Bonchev–Trinajstić information content (AvgIpc) is 2.41. The zero-order valence-electron chi connectivity index (χ0n) is 12.0. The molecule has 1 fully saturated rings. The van der Waals surface area contributed by atoms with Crippen LogP contribution in [0.2, 0.25) is 0 Å². The van der Waals surface area contributed by atoms with Gasteiger partial charge in [0, 0.05) is 17.3 Å². The minimum atomic E-state index is 0.0343. The fourth-order valence-electron chi connectivity index (χ4n) is 2.73. The number of amides is 1. The Bertz CT molecular complexity index is 258. The van der Waals surface area contributed by atoms with Gasteiger partial charge in [-0.1, -0.05) is 26.7 Å². The summed E-state index contributed by atoms with van der Waals surface area (Å²) in [7, 11) is 0. The molecular formula is C14H28N2OS. The Balaban J connectivity index is 2.49. The van der Waals surface area contributed by atoms with E-state index in [4.69, 9.17) is 5.73 Å². The number of carbonyl (C=O) groups excluding carboxylic acids is 1. The Kier molecular flexibility index (Phi) is 6.50. The summed E-state index contributed by atoms with van der Waals surface area (Å²) in [5, 5.41) is 3.14. The molecule has 1 saturated carbocycles. The highest BCUT2D eigenvalue weighted by atomic mass is 32.2. The van der Waals surface area contributed by atoms with Crippen molar-refractivity contribution < 1.29 is 4.79 Å². The Morgan fingerprint density at radius 3 is 2.44 bits per heavy atom. The molecule has 1 aliphatic rings. The highest BCUT2D eigenvalue weighted by molar-refractivity contribution is 8.00. The molecule has 0 heterocycles. The second kappa shape index (κ2) is 7.39. The van der Waals surface area contributed by atoms with Crippen molar-refractivity contribution in [2.75, 3.05) is 12.8 Å². The van der Waals surface area contributed by atoms with Gasteiger partial charge in [0.2, 0.25) is 5.91 Å². The van der Waals surface area contributed by atoms with Gasteiger partial charge in [0.1, 0.15) is 0 Å². The lowest BCUT2D eigenvalue weighted by Crippen LogP contribution is -2.47. The van der Waals surface area contributed by atoms with Crippen molar-refractivity contribution in [3.63, 3.8) is 0 Å². The van der Waals surface area contributed by atoms with E-state index in [9.17, 15) is 4.79 Å². The van der Waals surface area contributed by atoms with E-state index >= 15 is 0 Å². The van der Waals surface area contributed by atoms with Crippen molar-refractivity contribution in [1.29, 1.82) is 0 Å². The number of thioether (sulfide) groups is 1. The lowest BCUT2D eigenvalue weighted by atomic mass is 9.84. The highest BCUT2D eigenvalue weighted by Crippen LogP contribution is 2.30. The number of nitrogens with one attached hydrogen (secondary N) is 1. The van der Waals surface area contributed by atoms with Gasteiger partial charge in [-0.3, -0.25) is 4.79 Å². The second-order valence-corrected chi connectivity index (χ2v) is 6.64. The fourth-order valence-corrected chi connectivity index (χ4v) is 3.52. The van der Waals surface area contributed by atoms with Crippen molar-refractivity contribution in [2.24, 2.45) is 11.7 Å². The maximum absolute atomic E-state index is 12.2. The molecule has 2 unspecified atom stereocenters. The third kappa shape index (κ3) is 3.89. The van der Waals surface area contributed by atoms with Gasteiger partial charge in [-0.15, -0.1) is 0 Å². The number of carbonyl (C=O) groups is 1. The van der Waals surface area contributed by atoms with Crippen LogP contribution in [0.5, 0.6) is 0 Å². The third-order valence-electron chi connectivity index (χ3n) is 4.46. The molecule has 2 atom stereocenters. The second-order valence-electron chi connectivity index (χ2n) is 5.37. The van der Waals surface area contributed by atoms with Crippen LogP contribution in [0.3, 0.4) is 0 Å². The average molecular weight is 272 g/mol. The summed E-state index contributed by atoms with van der Waals surface area (Å²) in [6, 6.07) is 0.0608. The molecular weight excluding hydrogens is 244 g/mol. The number of rotatable bonds is 6. The molecule has 1 rings (SSSR count). The van der Waals surface area contributed by atoms with E-state index in [-0.39, 0.29) is 22.6 Å². The zero-order valence-corrected chi connectivity index (χ0v) is 12.8. The van der Waals surface area contributed by atoms with Crippen molar-refractivity contribution in [1.82, 2.24) is 5.32 Å². The van der Waals surface area contributed by atoms with E-state index in [1.807, 2.05) is 11.8 Å². The number of hydrogen-bond acceptors (Lipinski definition) is 3. The number of hydrogen-bond donors (Lipinski definition) is 2. The molecule has 0 saturated heterocycles. The Morgan fingerprint density at radius 2 is 1.94 bits per heavy atom. The molecule has 0 radical (unpaired) electrons. The van der Waals surface area contributed by atoms with Gasteiger partial charge in [-0.05, 0) is 31.9 Å². The van der Waals surface area contributed by atoms with Crippen LogP contribution in [0.4, 0.5) is 0 Å². The van der Waals surface area contributed by atoms with E-state index in [2.05, 4.69) is 25.4 Å². The van der Waals surface area contributed by atoms with Crippen LogP contribution in [0.15, 0.2) is 0 Å². The van der Waals surface area contributed by atoms with E-state index in [0.717, 1.165) is 38.6 Å². The van der Waals surface area contributed by atoms with Crippen LogP contribution in [0.25, 0.3) is 0 Å². The predicted octanol–water partition coefficient (Wildman–Crippen LogP) is 2.54. The van der Waals surface area contributed by atoms with Gasteiger partial charge in [-0.25, -0.2) is 0 Å². The first-order chi connectivity index (χ1) is 8.58. The van der Waals surface area contributed by atoms with Crippen LogP contribution in [0.1, 0.15) is 52.4 Å². The van der Waals surface area contributed by atoms with Crippen molar-refractivity contribution >= 4 is 17.7 Å². The lowest BCUT2D eigenvalue weighted by Gasteiger charge is -2.32. The standard InChI is InChI=1S/C14H28N2OS/c1-4-14(5-2,18-3)10-16-13(17)11-8-6-7-9-12(11)15/h11-12H,4-10,15H2,1-3H3,(H,16,17). The first-order valence-electron chi connectivity index (χ1n) is 7.17. The molecule has 1 amide bonds. The largest absolute Gasteiger partial charge is 0.354 e. The van der Waals surface area contributed by atoms with E-state index in [1.54, 1.807) is 0 Å². The highest BCUT2D eigenvalue weighted by Gasteiger charge is 2.31. The monoisotopic (exact) mass is 272 g/mol. The van der Waals surface area contributed by atoms with Gasteiger partial charge >= 0.3 is 0 Å². The minimum absolute atomic E-state index is 0.0343. The normalized spacial score (nSPS) is 24.9. The van der Waals surface area contributed by atoms with Crippen LogP contribution in [-0.4, -0.2) is 29.5 Å². The summed E-state index contributed by atoms with van der Waals surface area (Å²) in [6.07, 6.45) is 8.56. The van der Waals surface area contributed by atoms with Crippen LogP contribution in [0, 0.1) is 5.92 Å². The van der Waals surface area contributed by atoms with E-state index in [1.165, 1.54) is 6.42 Å². The molecule has 0 aliphatic heterocycles. The Hall–Kier alpha value is -0.220. The third-order valence-corrected chi connectivity index (χ3v) is 6.05. The first-order valence-corrected chi connectivity index (χ1v) is 8.39. The van der Waals surface area contributed by atoms with Crippen molar-refractivity contribution in [2.45, 2.75) is 63.2 Å². The van der Waals surface area contributed by atoms with Crippen LogP contribution < -0.4 is 11.1 Å². The summed E-state index contributed by atoms with van der Waals surface area (Å²) in [5.74, 6) is 0.203. The minimum Gasteiger partial charge on any atom is -0.354 e. The summed E-state index contributed by atoms with van der Waals surface area (Å²) in [5.41, 5.74) is 6.05.